The van der Waals surface area contributed by atoms with Gasteiger partial charge in [-0.05, 0) is 6.07 Å². The summed E-state index contributed by atoms with van der Waals surface area (Å²) >= 11 is 5.63. The minimum atomic E-state index is -0.997. The third kappa shape index (κ3) is 2.97. The van der Waals surface area contributed by atoms with Crippen LogP contribution in [0.5, 0.6) is 0 Å². The fraction of sp³-hybridized carbons (Fsp3) is 0.417. The maximum atomic E-state index is 13.5. The van der Waals surface area contributed by atoms with Gasteiger partial charge in [-0.2, -0.15) is 0 Å². The number of nitrogens with one attached hydrogen (secondary N) is 2. The Hall–Kier alpha value is -1.20. The summed E-state index contributed by atoms with van der Waals surface area (Å²) in [5.41, 5.74) is 0.311. The van der Waals surface area contributed by atoms with Gasteiger partial charge in [-0.3, -0.25) is 4.79 Å². The van der Waals surface area contributed by atoms with E-state index in [4.69, 9.17) is 11.6 Å². The zero-order valence-corrected chi connectivity index (χ0v) is 10.3. The molecule has 0 bridgehead atoms. The molecular formula is C12H13ClF2N2O. The second-order valence-corrected chi connectivity index (χ2v) is 4.63. The molecule has 0 radical (unpaired) electrons. The summed E-state index contributed by atoms with van der Waals surface area (Å²) in [5, 5.41) is 5.34. The molecule has 2 unspecified atom stereocenters. The molecular weight excluding hydrogens is 262 g/mol. The van der Waals surface area contributed by atoms with E-state index in [1.165, 1.54) is 6.07 Å². The highest BCUT2D eigenvalue weighted by atomic mass is 35.5. The maximum absolute atomic E-state index is 13.5. The third-order valence-corrected chi connectivity index (χ3v) is 3.17. The summed E-state index contributed by atoms with van der Waals surface area (Å²) < 4.78 is 26.4. The molecule has 1 fully saturated rings. The van der Waals surface area contributed by atoms with Gasteiger partial charge in [0.15, 0.2) is 0 Å². The molecule has 2 N–H and O–H groups in total. The number of halogens is 3. The number of rotatable bonds is 3. The van der Waals surface area contributed by atoms with E-state index < -0.39 is 18.0 Å². The van der Waals surface area contributed by atoms with E-state index in [0.29, 0.717) is 5.56 Å². The molecule has 6 heteroatoms. The number of carbonyl (C=O) groups is 1. The van der Waals surface area contributed by atoms with Gasteiger partial charge >= 0.3 is 0 Å². The first-order chi connectivity index (χ1) is 8.58. The van der Waals surface area contributed by atoms with Crippen LogP contribution in [0.15, 0.2) is 18.2 Å². The molecule has 2 atom stereocenters. The first-order valence-corrected chi connectivity index (χ1v) is 6.04. The highest BCUT2D eigenvalue weighted by Gasteiger charge is 2.28. The second kappa shape index (κ2) is 5.63. The van der Waals surface area contributed by atoms with Crippen LogP contribution in [0.3, 0.4) is 0 Å². The summed E-state index contributed by atoms with van der Waals surface area (Å²) in [7, 11) is 0. The van der Waals surface area contributed by atoms with Crippen molar-refractivity contribution >= 4 is 17.5 Å². The smallest absolute Gasteiger partial charge is 0.237 e. The standard InChI is InChI=1S/C12H13ClF2N2O/c13-9-3-1-2-7(11(9)15)5-17-12(18)10-4-8(14)6-16-10/h1-3,8,10,16H,4-6H2,(H,17,18). The van der Waals surface area contributed by atoms with E-state index >= 15 is 0 Å². The number of carbonyl (C=O) groups excluding carboxylic acids is 1. The number of amides is 1. The Morgan fingerprint density at radius 3 is 3.00 bits per heavy atom. The third-order valence-electron chi connectivity index (χ3n) is 2.88. The molecule has 1 aromatic rings. The molecule has 18 heavy (non-hydrogen) atoms. The maximum Gasteiger partial charge on any atom is 0.237 e. The van der Waals surface area contributed by atoms with Gasteiger partial charge in [-0.15, -0.1) is 0 Å². The van der Waals surface area contributed by atoms with Crippen molar-refractivity contribution in [2.75, 3.05) is 6.54 Å². The highest BCUT2D eigenvalue weighted by molar-refractivity contribution is 6.30. The van der Waals surface area contributed by atoms with Gasteiger partial charge in [-0.1, -0.05) is 23.7 Å². The van der Waals surface area contributed by atoms with Gasteiger partial charge in [0.25, 0.3) is 0 Å². The van der Waals surface area contributed by atoms with E-state index in [1.807, 2.05) is 0 Å². The molecule has 1 aromatic carbocycles. The number of hydrogen-bond donors (Lipinski definition) is 2. The SMILES string of the molecule is O=C(NCc1cccc(Cl)c1F)C1CC(F)CN1. The van der Waals surface area contributed by atoms with Crippen molar-refractivity contribution in [1.29, 1.82) is 0 Å². The molecule has 1 aliphatic heterocycles. The molecule has 0 aromatic heterocycles. The second-order valence-electron chi connectivity index (χ2n) is 4.22. The summed E-state index contributed by atoms with van der Waals surface area (Å²) in [6, 6.07) is 4.05. The Labute approximate surface area is 109 Å². The van der Waals surface area contributed by atoms with Crippen LogP contribution in [-0.2, 0) is 11.3 Å². The van der Waals surface area contributed by atoms with Crippen molar-refractivity contribution in [3.63, 3.8) is 0 Å². The van der Waals surface area contributed by atoms with Crippen LogP contribution in [0, 0.1) is 5.82 Å². The van der Waals surface area contributed by atoms with Gasteiger partial charge in [0, 0.05) is 25.1 Å². The number of hydrogen-bond acceptors (Lipinski definition) is 2. The molecule has 98 valence electrons. The first-order valence-electron chi connectivity index (χ1n) is 5.66. The van der Waals surface area contributed by atoms with Crippen LogP contribution >= 0.6 is 11.6 Å². The zero-order valence-electron chi connectivity index (χ0n) is 9.55. The predicted octanol–water partition coefficient (Wildman–Crippen LogP) is 1.80. The number of benzene rings is 1. The lowest BCUT2D eigenvalue weighted by Gasteiger charge is -2.11. The summed E-state index contributed by atoms with van der Waals surface area (Å²) in [5.74, 6) is -0.864. The average Bonchev–Trinajstić information content (AvgIpc) is 2.77. The topological polar surface area (TPSA) is 41.1 Å². The Balaban J connectivity index is 1.91. The average molecular weight is 275 g/mol. The number of alkyl halides is 1. The minimum Gasteiger partial charge on any atom is -0.351 e. The van der Waals surface area contributed by atoms with Crippen LogP contribution in [0.25, 0.3) is 0 Å². The zero-order chi connectivity index (χ0) is 13.1. The lowest BCUT2D eigenvalue weighted by Crippen LogP contribution is -2.40. The molecule has 2 rings (SSSR count). The van der Waals surface area contributed by atoms with Crippen molar-refractivity contribution in [3.8, 4) is 0 Å². The van der Waals surface area contributed by atoms with Crippen molar-refractivity contribution < 1.29 is 13.6 Å². The van der Waals surface area contributed by atoms with E-state index in [9.17, 15) is 13.6 Å². The van der Waals surface area contributed by atoms with Crippen LogP contribution in [0.2, 0.25) is 5.02 Å². The van der Waals surface area contributed by atoms with Crippen molar-refractivity contribution in [2.24, 2.45) is 0 Å². The van der Waals surface area contributed by atoms with Crippen LogP contribution < -0.4 is 10.6 Å². The Morgan fingerprint density at radius 2 is 2.33 bits per heavy atom. The Bertz CT molecular complexity index is 456. The lowest BCUT2D eigenvalue weighted by atomic mass is 10.2. The molecule has 0 aliphatic carbocycles. The molecule has 1 heterocycles. The quantitative estimate of drug-likeness (QED) is 0.882. The van der Waals surface area contributed by atoms with Crippen molar-refractivity contribution in [2.45, 2.75) is 25.2 Å². The van der Waals surface area contributed by atoms with Crippen molar-refractivity contribution in [3.05, 3.63) is 34.6 Å². The summed E-state index contributed by atoms with van der Waals surface area (Å²) in [4.78, 5) is 11.7. The van der Waals surface area contributed by atoms with Crippen molar-refractivity contribution in [1.82, 2.24) is 10.6 Å². The first kappa shape index (κ1) is 13.2. The van der Waals surface area contributed by atoms with Gasteiger partial charge < -0.3 is 10.6 Å². The van der Waals surface area contributed by atoms with Gasteiger partial charge in [0.1, 0.15) is 12.0 Å². The summed E-state index contributed by atoms with van der Waals surface area (Å²) in [6.07, 6.45) is -0.840. The fourth-order valence-electron chi connectivity index (χ4n) is 1.88. The normalized spacial score (nSPS) is 23.1. The lowest BCUT2D eigenvalue weighted by molar-refractivity contribution is -0.123. The van der Waals surface area contributed by atoms with E-state index in [1.54, 1.807) is 12.1 Å². The van der Waals surface area contributed by atoms with E-state index in [2.05, 4.69) is 10.6 Å². The van der Waals surface area contributed by atoms with Crippen LogP contribution in [0.4, 0.5) is 8.78 Å². The summed E-state index contributed by atoms with van der Waals surface area (Å²) in [6.45, 7) is 0.226. The molecule has 1 amide bonds. The minimum absolute atomic E-state index is 0.0181. The van der Waals surface area contributed by atoms with Gasteiger partial charge in [-0.25, -0.2) is 8.78 Å². The molecule has 0 saturated carbocycles. The van der Waals surface area contributed by atoms with Crippen LogP contribution in [0.1, 0.15) is 12.0 Å². The predicted molar refractivity (Wildman–Crippen MR) is 64.6 cm³/mol. The molecule has 1 aliphatic rings. The highest BCUT2D eigenvalue weighted by Crippen LogP contribution is 2.17. The fourth-order valence-corrected chi connectivity index (χ4v) is 2.08. The Morgan fingerprint density at radius 1 is 1.56 bits per heavy atom. The molecule has 0 spiro atoms. The monoisotopic (exact) mass is 274 g/mol. The Kier molecular flexibility index (Phi) is 4.14. The molecule has 1 saturated heterocycles. The largest absolute Gasteiger partial charge is 0.351 e. The van der Waals surface area contributed by atoms with E-state index in [-0.39, 0.29) is 30.4 Å². The van der Waals surface area contributed by atoms with Crippen LogP contribution in [-0.4, -0.2) is 24.7 Å². The van der Waals surface area contributed by atoms with E-state index in [0.717, 1.165) is 0 Å². The van der Waals surface area contributed by atoms with Gasteiger partial charge in [0.05, 0.1) is 11.1 Å². The molecule has 3 nitrogen and oxygen atoms in total. The van der Waals surface area contributed by atoms with Gasteiger partial charge in [0.2, 0.25) is 5.91 Å².